The van der Waals surface area contributed by atoms with Crippen molar-refractivity contribution >= 4 is 17.9 Å². The molecule has 348 valence electrons. The highest BCUT2D eigenvalue weighted by molar-refractivity contribution is 5.71. The van der Waals surface area contributed by atoms with E-state index in [1.54, 1.807) is 0 Å². The van der Waals surface area contributed by atoms with Gasteiger partial charge in [0.25, 0.3) is 0 Å². The van der Waals surface area contributed by atoms with E-state index in [9.17, 15) is 14.4 Å². The second-order valence-electron chi connectivity index (χ2n) is 17.1. The number of ether oxygens (including phenoxy) is 3. The zero-order chi connectivity index (χ0) is 43.7. The van der Waals surface area contributed by atoms with Crippen LogP contribution in [0.3, 0.4) is 0 Å². The summed E-state index contributed by atoms with van der Waals surface area (Å²) in [7, 11) is 0. The maximum absolute atomic E-state index is 12.8. The van der Waals surface area contributed by atoms with Gasteiger partial charge < -0.3 is 14.2 Å². The van der Waals surface area contributed by atoms with Gasteiger partial charge in [-0.05, 0) is 96.3 Å². The quantitative estimate of drug-likeness (QED) is 0.0263. The summed E-state index contributed by atoms with van der Waals surface area (Å²) in [6.07, 6.45) is 58.0. The molecular weight excluding hydrogens is 745 g/mol. The van der Waals surface area contributed by atoms with Crippen molar-refractivity contribution in [2.45, 2.75) is 264 Å². The third kappa shape index (κ3) is 46.4. The fourth-order valence-electron chi connectivity index (χ4n) is 7.09. The predicted molar refractivity (Wildman–Crippen MR) is 256 cm³/mol. The molecule has 0 heterocycles. The molecule has 0 aliphatic rings. The second-order valence-corrected chi connectivity index (χ2v) is 17.1. The van der Waals surface area contributed by atoms with Crippen LogP contribution in [0.4, 0.5) is 0 Å². The highest BCUT2D eigenvalue weighted by atomic mass is 16.6. The molecule has 0 aliphatic carbocycles. The number of rotatable bonds is 46. The molecule has 0 aromatic heterocycles. The number of hydrogen-bond acceptors (Lipinski definition) is 6. The molecule has 0 radical (unpaired) electrons. The molecule has 6 nitrogen and oxygen atoms in total. The van der Waals surface area contributed by atoms with Gasteiger partial charge in [-0.25, -0.2) is 0 Å². The van der Waals surface area contributed by atoms with Gasteiger partial charge in [-0.2, -0.15) is 0 Å². The first-order valence-corrected chi connectivity index (χ1v) is 25.6. The molecule has 0 saturated heterocycles. The van der Waals surface area contributed by atoms with Crippen molar-refractivity contribution in [2.75, 3.05) is 13.2 Å². The molecule has 0 bridgehead atoms. The molecule has 1 unspecified atom stereocenters. The smallest absolute Gasteiger partial charge is 0.306 e. The van der Waals surface area contributed by atoms with Crippen LogP contribution in [0.25, 0.3) is 0 Å². The van der Waals surface area contributed by atoms with Gasteiger partial charge in [-0.15, -0.1) is 0 Å². The third-order valence-electron chi connectivity index (χ3n) is 11.0. The Balaban J connectivity index is 4.38. The summed E-state index contributed by atoms with van der Waals surface area (Å²) in [6.45, 7) is 6.55. The van der Waals surface area contributed by atoms with Crippen molar-refractivity contribution in [3.63, 3.8) is 0 Å². The summed E-state index contributed by atoms with van der Waals surface area (Å²) < 4.78 is 16.8. The molecule has 0 aliphatic heterocycles. The van der Waals surface area contributed by atoms with Crippen molar-refractivity contribution in [3.8, 4) is 0 Å². The summed E-state index contributed by atoms with van der Waals surface area (Å²) in [4.78, 5) is 37.9. The first kappa shape index (κ1) is 57.4. The lowest BCUT2D eigenvalue weighted by Gasteiger charge is -2.18. The van der Waals surface area contributed by atoms with Crippen LogP contribution < -0.4 is 0 Å². The topological polar surface area (TPSA) is 78.9 Å². The predicted octanol–water partition coefficient (Wildman–Crippen LogP) is 16.7. The Bertz CT molecular complexity index is 1060. The lowest BCUT2D eigenvalue weighted by Crippen LogP contribution is -2.30. The first-order valence-electron chi connectivity index (χ1n) is 25.6. The van der Waals surface area contributed by atoms with Crippen molar-refractivity contribution < 1.29 is 28.6 Å². The van der Waals surface area contributed by atoms with Crippen molar-refractivity contribution in [3.05, 3.63) is 48.6 Å². The minimum Gasteiger partial charge on any atom is -0.462 e. The van der Waals surface area contributed by atoms with E-state index in [2.05, 4.69) is 69.4 Å². The van der Waals surface area contributed by atoms with E-state index in [-0.39, 0.29) is 31.1 Å². The van der Waals surface area contributed by atoms with Gasteiger partial charge in [0, 0.05) is 19.3 Å². The minimum absolute atomic E-state index is 0.0853. The Morgan fingerprint density at radius 3 is 1.03 bits per heavy atom. The van der Waals surface area contributed by atoms with E-state index < -0.39 is 6.10 Å². The van der Waals surface area contributed by atoms with Crippen LogP contribution >= 0.6 is 0 Å². The molecular formula is C54H96O6. The number of unbranched alkanes of at least 4 members (excludes halogenated alkanes) is 27. The van der Waals surface area contributed by atoms with E-state index in [1.165, 1.54) is 128 Å². The first-order chi connectivity index (χ1) is 29.5. The van der Waals surface area contributed by atoms with Gasteiger partial charge in [0.1, 0.15) is 13.2 Å². The zero-order valence-electron chi connectivity index (χ0n) is 39.7. The van der Waals surface area contributed by atoms with Crippen LogP contribution in [0, 0.1) is 0 Å². The van der Waals surface area contributed by atoms with E-state index in [0.29, 0.717) is 19.3 Å². The van der Waals surface area contributed by atoms with E-state index in [0.717, 1.165) is 89.9 Å². The number of carbonyl (C=O) groups excluding carboxylic acids is 3. The van der Waals surface area contributed by atoms with Crippen LogP contribution in [-0.4, -0.2) is 37.2 Å². The Hall–Kier alpha value is -2.63. The minimum atomic E-state index is -0.785. The maximum Gasteiger partial charge on any atom is 0.306 e. The van der Waals surface area contributed by atoms with Crippen molar-refractivity contribution in [1.82, 2.24) is 0 Å². The molecule has 0 rings (SSSR count). The molecule has 0 fully saturated rings. The molecule has 6 heteroatoms. The second kappa shape index (κ2) is 49.0. The van der Waals surface area contributed by atoms with Crippen LogP contribution in [0.15, 0.2) is 48.6 Å². The largest absolute Gasteiger partial charge is 0.462 e. The molecule has 60 heavy (non-hydrogen) atoms. The van der Waals surface area contributed by atoms with Gasteiger partial charge in [-0.1, -0.05) is 191 Å². The van der Waals surface area contributed by atoms with E-state index >= 15 is 0 Å². The average molecular weight is 841 g/mol. The van der Waals surface area contributed by atoms with Crippen LogP contribution in [0.2, 0.25) is 0 Å². The van der Waals surface area contributed by atoms with Crippen molar-refractivity contribution in [1.29, 1.82) is 0 Å². The molecule has 0 N–H and O–H groups in total. The fraction of sp³-hybridized carbons (Fsp3) is 0.796. The molecule has 0 amide bonds. The van der Waals surface area contributed by atoms with E-state index in [4.69, 9.17) is 14.2 Å². The lowest BCUT2D eigenvalue weighted by molar-refractivity contribution is -0.167. The molecule has 0 saturated carbocycles. The number of hydrogen-bond donors (Lipinski definition) is 0. The van der Waals surface area contributed by atoms with Gasteiger partial charge in [0.2, 0.25) is 0 Å². The molecule has 1 atom stereocenters. The summed E-state index contributed by atoms with van der Waals surface area (Å²) in [5.41, 5.74) is 0. The highest BCUT2D eigenvalue weighted by Crippen LogP contribution is 2.14. The molecule has 0 spiro atoms. The number of allylic oxidation sites excluding steroid dienone is 8. The van der Waals surface area contributed by atoms with Crippen molar-refractivity contribution in [2.24, 2.45) is 0 Å². The van der Waals surface area contributed by atoms with Gasteiger partial charge in [0.05, 0.1) is 0 Å². The maximum atomic E-state index is 12.8. The van der Waals surface area contributed by atoms with Gasteiger partial charge >= 0.3 is 17.9 Å². The Morgan fingerprint density at radius 1 is 0.333 bits per heavy atom. The van der Waals surface area contributed by atoms with Gasteiger partial charge in [0.15, 0.2) is 6.10 Å². The number of esters is 3. The monoisotopic (exact) mass is 841 g/mol. The SMILES string of the molecule is CCCC/C=C\CCCCCCCC(=O)OCC(COC(=O)CCCCCCCCC/C=C\C/C=C\CCCCC)OC(=O)CCCCC/C=C\CCCCCCCCC. The summed E-state index contributed by atoms with van der Waals surface area (Å²) in [5, 5.41) is 0. The van der Waals surface area contributed by atoms with E-state index in [1.807, 2.05) is 0 Å². The summed E-state index contributed by atoms with van der Waals surface area (Å²) in [6, 6.07) is 0. The third-order valence-corrected chi connectivity index (χ3v) is 11.0. The average Bonchev–Trinajstić information content (AvgIpc) is 3.24. The highest BCUT2D eigenvalue weighted by Gasteiger charge is 2.19. The zero-order valence-corrected chi connectivity index (χ0v) is 39.7. The molecule has 0 aromatic rings. The Kier molecular flexibility index (Phi) is 46.9. The van der Waals surface area contributed by atoms with Crippen LogP contribution in [0.1, 0.15) is 258 Å². The summed E-state index contributed by atoms with van der Waals surface area (Å²) in [5.74, 6) is -0.914. The summed E-state index contributed by atoms with van der Waals surface area (Å²) >= 11 is 0. The van der Waals surface area contributed by atoms with Crippen LogP contribution in [0.5, 0.6) is 0 Å². The lowest BCUT2D eigenvalue weighted by atomic mass is 10.1. The van der Waals surface area contributed by atoms with Crippen LogP contribution in [-0.2, 0) is 28.6 Å². The Morgan fingerprint density at radius 2 is 0.617 bits per heavy atom. The standard InChI is InChI=1S/C54H96O6/c1-4-7-10-13-16-19-22-24-26-27-28-30-32-35-38-41-44-47-53(56)59-50-51(49-58-52(55)46-43-40-37-34-31-21-18-15-12-9-6-3)60-54(57)48-45-42-39-36-33-29-25-23-20-17-14-11-8-5-2/h15-16,18-19,24,26,29,33,51H,4-14,17,20-23,25,27-28,30-32,34-50H2,1-3H3/b18-15-,19-16-,26-24-,33-29-. The Labute approximate surface area is 371 Å². The van der Waals surface area contributed by atoms with Gasteiger partial charge in [-0.3, -0.25) is 14.4 Å². The molecule has 0 aromatic carbocycles. The normalized spacial score (nSPS) is 12.4. The number of carbonyl (C=O) groups is 3. The fourth-order valence-corrected chi connectivity index (χ4v) is 7.09.